The maximum absolute atomic E-state index is 12.6. The van der Waals surface area contributed by atoms with Crippen molar-refractivity contribution in [3.8, 4) is 0 Å². The highest BCUT2D eigenvalue weighted by atomic mass is 79.9. The molecule has 2 aromatic rings. The maximum atomic E-state index is 12.6. The van der Waals surface area contributed by atoms with E-state index < -0.39 is 4.92 Å². The Kier molecular flexibility index (Phi) is 3.51. The summed E-state index contributed by atoms with van der Waals surface area (Å²) in [5, 5.41) is 11.0. The first-order chi connectivity index (χ1) is 9.97. The maximum Gasteiger partial charge on any atom is 0.288 e. The van der Waals surface area contributed by atoms with E-state index in [1.54, 1.807) is 6.20 Å². The second-order valence-electron chi connectivity index (χ2n) is 4.71. The van der Waals surface area contributed by atoms with E-state index in [9.17, 15) is 14.9 Å². The summed E-state index contributed by atoms with van der Waals surface area (Å²) in [5.41, 5.74) is 1.92. The van der Waals surface area contributed by atoms with Crippen molar-refractivity contribution in [3.63, 3.8) is 0 Å². The van der Waals surface area contributed by atoms with Gasteiger partial charge in [0.2, 0.25) is 5.78 Å². The Morgan fingerprint density at radius 2 is 1.95 bits per heavy atom. The molecule has 0 aliphatic heterocycles. The fourth-order valence-electron chi connectivity index (χ4n) is 2.43. The van der Waals surface area contributed by atoms with Crippen LogP contribution < -0.4 is 0 Å². The Morgan fingerprint density at radius 1 is 1.24 bits per heavy atom. The molecule has 5 nitrogen and oxygen atoms in total. The highest BCUT2D eigenvalue weighted by Crippen LogP contribution is 2.32. The molecule has 0 saturated carbocycles. The van der Waals surface area contributed by atoms with Crippen LogP contribution >= 0.6 is 27.5 Å². The number of aryl methyl sites for hydroxylation is 2. The van der Waals surface area contributed by atoms with Gasteiger partial charge in [-0.25, -0.2) is 0 Å². The summed E-state index contributed by atoms with van der Waals surface area (Å²) < 4.78 is 0.795. The van der Waals surface area contributed by atoms with E-state index in [4.69, 9.17) is 11.6 Å². The zero-order valence-electron chi connectivity index (χ0n) is 10.6. The topological polar surface area (TPSA) is 73.1 Å². The Bertz CT molecular complexity index is 792. The molecule has 3 rings (SSSR count). The summed E-state index contributed by atoms with van der Waals surface area (Å²) >= 11 is 9.25. The van der Waals surface area contributed by atoms with Gasteiger partial charge in [-0.15, -0.1) is 0 Å². The van der Waals surface area contributed by atoms with Crippen LogP contribution in [0, 0.1) is 10.1 Å². The SMILES string of the molecule is O=C1c2cc([N+](=O)[O-])c(Cl)cc2CCc2cc(Br)cnc21. The highest BCUT2D eigenvalue weighted by molar-refractivity contribution is 9.10. The molecule has 0 spiro atoms. The van der Waals surface area contributed by atoms with Crippen molar-refractivity contribution in [2.45, 2.75) is 12.8 Å². The zero-order valence-corrected chi connectivity index (χ0v) is 12.9. The molecule has 0 radical (unpaired) electrons. The number of fused-ring (bicyclic) bond motifs is 2. The molecule has 21 heavy (non-hydrogen) atoms. The normalized spacial score (nSPS) is 13.3. The van der Waals surface area contributed by atoms with Crippen LogP contribution in [0.2, 0.25) is 5.02 Å². The lowest BCUT2D eigenvalue weighted by Crippen LogP contribution is -2.07. The Labute approximate surface area is 133 Å². The number of carbonyl (C=O) groups excluding carboxylic acids is 1. The molecular weight excluding hydrogens is 360 g/mol. The van der Waals surface area contributed by atoms with Crippen LogP contribution in [-0.4, -0.2) is 15.7 Å². The van der Waals surface area contributed by atoms with Crippen LogP contribution in [0.5, 0.6) is 0 Å². The van der Waals surface area contributed by atoms with E-state index in [2.05, 4.69) is 20.9 Å². The highest BCUT2D eigenvalue weighted by Gasteiger charge is 2.26. The number of benzene rings is 1. The standard InChI is InChI=1S/C14H8BrClN2O3/c15-9-3-8-2-1-7-4-11(16)12(18(20)21)5-10(7)14(19)13(8)17-6-9/h3-6H,1-2H2. The Balaban J connectivity index is 2.20. The third-order valence-electron chi connectivity index (χ3n) is 3.43. The van der Waals surface area contributed by atoms with Crippen molar-refractivity contribution >= 4 is 39.0 Å². The summed E-state index contributed by atoms with van der Waals surface area (Å²) in [6, 6.07) is 4.61. The van der Waals surface area contributed by atoms with Crippen LogP contribution in [-0.2, 0) is 12.8 Å². The van der Waals surface area contributed by atoms with Crippen molar-refractivity contribution < 1.29 is 9.72 Å². The second-order valence-corrected chi connectivity index (χ2v) is 6.03. The van der Waals surface area contributed by atoms with Crippen LogP contribution in [0.3, 0.4) is 0 Å². The summed E-state index contributed by atoms with van der Waals surface area (Å²) in [6.07, 6.45) is 2.77. The fourth-order valence-corrected chi connectivity index (χ4v) is 3.07. The van der Waals surface area contributed by atoms with Gasteiger partial charge in [-0.05, 0) is 52.0 Å². The molecule has 0 unspecified atom stereocenters. The molecular formula is C14H8BrClN2O3. The van der Waals surface area contributed by atoms with Crippen LogP contribution in [0.4, 0.5) is 5.69 Å². The molecule has 0 saturated heterocycles. The van der Waals surface area contributed by atoms with Crippen LogP contribution in [0.25, 0.3) is 0 Å². The zero-order chi connectivity index (χ0) is 15.1. The van der Waals surface area contributed by atoms with E-state index >= 15 is 0 Å². The van der Waals surface area contributed by atoms with Gasteiger partial charge in [-0.1, -0.05) is 11.6 Å². The smallest absolute Gasteiger partial charge is 0.287 e. The van der Waals surface area contributed by atoms with Gasteiger partial charge < -0.3 is 0 Å². The first-order valence-corrected chi connectivity index (χ1v) is 7.30. The minimum Gasteiger partial charge on any atom is -0.287 e. The van der Waals surface area contributed by atoms with Crippen molar-refractivity contribution in [2.75, 3.05) is 0 Å². The number of hydrogen-bond acceptors (Lipinski definition) is 4. The minimum atomic E-state index is -0.587. The van der Waals surface area contributed by atoms with Crippen molar-refractivity contribution in [2.24, 2.45) is 0 Å². The number of aromatic nitrogens is 1. The first kappa shape index (κ1) is 14.2. The summed E-state index contributed by atoms with van der Waals surface area (Å²) in [6.45, 7) is 0. The molecule has 0 N–H and O–H groups in total. The fraction of sp³-hybridized carbons (Fsp3) is 0.143. The second kappa shape index (κ2) is 5.20. The molecule has 1 aromatic heterocycles. The number of pyridine rings is 1. The van der Waals surface area contributed by atoms with Crippen molar-refractivity contribution in [1.29, 1.82) is 0 Å². The predicted octanol–water partition coefficient (Wildman–Crippen LogP) is 3.74. The quantitative estimate of drug-likeness (QED) is 0.568. The van der Waals surface area contributed by atoms with E-state index in [0.29, 0.717) is 29.7 Å². The van der Waals surface area contributed by atoms with Gasteiger partial charge in [0.05, 0.1) is 4.92 Å². The van der Waals surface area contributed by atoms with Gasteiger partial charge in [0.25, 0.3) is 5.69 Å². The Hall–Kier alpha value is -1.79. The summed E-state index contributed by atoms with van der Waals surface area (Å²) in [5.74, 6) is -0.301. The van der Waals surface area contributed by atoms with Gasteiger partial charge in [0.15, 0.2) is 0 Å². The summed E-state index contributed by atoms with van der Waals surface area (Å²) in [7, 11) is 0. The van der Waals surface area contributed by atoms with Crippen molar-refractivity contribution in [1.82, 2.24) is 4.98 Å². The Morgan fingerprint density at radius 3 is 2.67 bits per heavy atom. The van der Waals surface area contributed by atoms with Gasteiger partial charge in [-0.3, -0.25) is 19.9 Å². The van der Waals surface area contributed by atoms with Gasteiger partial charge in [-0.2, -0.15) is 0 Å². The number of nitro groups is 1. The van der Waals surface area contributed by atoms with E-state index in [0.717, 1.165) is 10.0 Å². The van der Waals surface area contributed by atoms with Gasteiger partial charge in [0.1, 0.15) is 10.7 Å². The first-order valence-electron chi connectivity index (χ1n) is 6.13. The molecule has 0 atom stereocenters. The van der Waals surface area contributed by atoms with Crippen LogP contribution in [0.1, 0.15) is 27.2 Å². The average molecular weight is 368 g/mol. The van der Waals surface area contributed by atoms with Crippen molar-refractivity contribution in [3.05, 3.63) is 66.4 Å². The molecule has 0 fully saturated rings. The van der Waals surface area contributed by atoms with Gasteiger partial charge in [0, 0.05) is 22.3 Å². The number of hydrogen-bond donors (Lipinski definition) is 0. The lowest BCUT2D eigenvalue weighted by molar-refractivity contribution is -0.384. The minimum absolute atomic E-state index is 0.0478. The number of nitrogens with zero attached hydrogens (tertiary/aromatic N) is 2. The molecule has 0 amide bonds. The molecule has 0 bridgehead atoms. The average Bonchev–Trinajstić information content (AvgIpc) is 2.55. The van der Waals surface area contributed by atoms with E-state index in [1.807, 2.05) is 6.07 Å². The third kappa shape index (κ3) is 2.45. The van der Waals surface area contributed by atoms with Crippen LogP contribution in [0.15, 0.2) is 28.9 Å². The number of rotatable bonds is 1. The molecule has 1 aromatic carbocycles. The number of ketones is 1. The lowest BCUT2D eigenvalue weighted by atomic mass is 10.0. The number of halogens is 2. The predicted molar refractivity (Wildman–Crippen MR) is 80.9 cm³/mol. The summed E-state index contributed by atoms with van der Waals surface area (Å²) in [4.78, 5) is 27.1. The monoisotopic (exact) mass is 366 g/mol. The third-order valence-corrected chi connectivity index (χ3v) is 4.16. The number of nitro benzene ring substituents is 1. The largest absolute Gasteiger partial charge is 0.288 e. The van der Waals surface area contributed by atoms with Gasteiger partial charge >= 0.3 is 0 Å². The number of carbonyl (C=O) groups is 1. The molecule has 106 valence electrons. The molecule has 1 aliphatic carbocycles. The van der Waals surface area contributed by atoms with E-state index in [1.165, 1.54) is 12.1 Å². The molecule has 1 heterocycles. The van der Waals surface area contributed by atoms with E-state index in [-0.39, 0.29) is 16.5 Å². The molecule has 1 aliphatic rings. The lowest BCUT2D eigenvalue weighted by Gasteiger charge is -2.05. The molecule has 7 heteroatoms.